The number of carbonyl (C=O) groups excluding carboxylic acids is 3. The maximum Gasteiger partial charge on any atom is 0.417 e. The van der Waals surface area contributed by atoms with Crippen molar-refractivity contribution in [3.05, 3.63) is 70.5 Å². The van der Waals surface area contributed by atoms with E-state index in [-0.39, 0.29) is 30.3 Å². The molecular formula is C26H24ClF3N7O4-. The van der Waals surface area contributed by atoms with Crippen molar-refractivity contribution in [2.75, 3.05) is 24.1 Å². The standard InChI is InChI=1S/C26H25ClF3N7O4/c27-19-8-7-16(10-18(19)26(28,29)30)35-24(39)33-11-14-3-5-15(6-4-14)20-12-32-22(31)21(36-20)23(38)34-17-2-1-9-37(13-17)25(40)41/h3-8,10,12,17H,1-2,9,11,13H2,(H2,31,32)(H,34,38)(H,40,41)(H2,33,35,39)/p-1/t17-/m0/s1. The first-order valence-corrected chi connectivity index (χ1v) is 12.7. The van der Waals surface area contributed by atoms with Gasteiger partial charge in [0.2, 0.25) is 0 Å². The third-order valence-corrected chi connectivity index (χ3v) is 6.59. The molecule has 1 aliphatic rings. The first kappa shape index (κ1) is 29.4. The number of carboxylic acid groups (broad SMARTS) is 1. The van der Waals surface area contributed by atoms with Gasteiger partial charge in [0.25, 0.3) is 5.91 Å². The van der Waals surface area contributed by atoms with Crippen LogP contribution in [0, 0.1) is 0 Å². The number of benzene rings is 2. The number of urea groups is 1. The summed E-state index contributed by atoms with van der Waals surface area (Å²) < 4.78 is 39.1. The van der Waals surface area contributed by atoms with E-state index in [1.807, 2.05) is 0 Å². The van der Waals surface area contributed by atoms with Gasteiger partial charge in [-0.3, -0.25) is 4.79 Å². The molecule has 0 unspecified atom stereocenters. The minimum Gasteiger partial charge on any atom is -0.530 e. The maximum atomic E-state index is 13.0. The fourth-order valence-corrected chi connectivity index (χ4v) is 4.42. The van der Waals surface area contributed by atoms with E-state index in [1.54, 1.807) is 24.3 Å². The highest BCUT2D eigenvalue weighted by Crippen LogP contribution is 2.36. The van der Waals surface area contributed by atoms with Gasteiger partial charge in [0.05, 0.1) is 22.5 Å². The number of anilines is 2. The molecule has 0 radical (unpaired) electrons. The average molecular weight is 591 g/mol. The smallest absolute Gasteiger partial charge is 0.417 e. The molecule has 1 aromatic heterocycles. The van der Waals surface area contributed by atoms with Gasteiger partial charge in [0, 0.05) is 36.9 Å². The van der Waals surface area contributed by atoms with Crippen LogP contribution in [-0.4, -0.2) is 52.0 Å². The SMILES string of the molecule is Nc1ncc(-c2ccc(CNC(=O)Nc3ccc(Cl)c(C(F)(F)F)c3)cc2)nc1C(=O)N[C@H]1CCCN(C(=O)[O-])C1. The molecule has 1 atom stereocenters. The van der Waals surface area contributed by atoms with Gasteiger partial charge >= 0.3 is 12.2 Å². The Morgan fingerprint density at radius 3 is 2.56 bits per heavy atom. The van der Waals surface area contributed by atoms with Gasteiger partial charge < -0.3 is 36.5 Å². The van der Waals surface area contributed by atoms with Crippen molar-refractivity contribution in [1.29, 1.82) is 0 Å². The zero-order valence-electron chi connectivity index (χ0n) is 21.3. The summed E-state index contributed by atoms with van der Waals surface area (Å²) in [5.41, 5.74) is 6.26. The molecule has 2 aromatic carbocycles. The molecule has 11 nitrogen and oxygen atoms in total. The molecule has 2 heterocycles. The summed E-state index contributed by atoms with van der Waals surface area (Å²) in [6, 6.07) is 8.66. The lowest BCUT2D eigenvalue weighted by Crippen LogP contribution is -2.53. The maximum absolute atomic E-state index is 13.0. The van der Waals surface area contributed by atoms with E-state index in [9.17, 15) is 32.7 Å². The van der Waals surface area contributed by atoms with Crippen molar-refractivity contribution in [1.82, 2.24) is 25.5 Å². The van der Waals surface area contributed by atoms with E-state index < -0.39 is 40.8 Å². The summed E-state index contributed by atoms with van der Waals surface area (Å²) in [7, 11) is 0. The number of hydrogen-bond donors (Lipinski definition) is 4. The van der Waals surface area contributed by atoms with Crippen molar-refractivity contribution in [3.8, 4) is 11.3 Å². The highest BCUT2D eigenvalue weighted by atomic mass is 35.5. The van der Waals surface area contributed by atoms with Crippen LogP contribution in [0.2, 0.25) is 5.02 Å². The van der Waals surface area contributed by atoms with Crippen LogP contribution in [0.1, 0.15) is 34.5 Å². The Morgan fingerprint density at radius 2 is 1.88 bits per heavy atom. The van der Waals surface area contributed by atoms with Crippen molar-refractivity contribution in [3.63, 3.8) is 0 Å². The first-order valence-electron chi connectivity index (χ1n) is 12.3. The van der Waals surface area contributed by atoms with Crippen LogP contribution in [0.15, 0.2) is 48.7 Å². The lowest BCUT2D eigenvalue weighted by atomic mass is 10.1. The molecule has 0 aliphatic carbocycles. The van der Waals surface area contributed by atoms with E-state index >= 15 is 0 Å². The number of nitrogens with two attached hydrogens (primary N) is 1. The predicted molar refractivity (Wildman–Crippen MR) is 142 cm³/mol. The molecule has 4 amide bonds. The number of alkyl halides is 3. The minimum atomic E-state index is -4.66. The van der Waals surface area contributed by atoms with Crippen LogP contribution in [0.3, 0.4) is 0 Å². The summed E-state index contributed by atoms with van der Waals surface area (Å²) in [6.45, 7) is 0.507. The first-order chi connectivity index (χ1) is 19.4. The molecule has 0 bridgehead atoms. The molecule has 3 aromatic rings. The zero-order chi connectivity index (χ0) is 29.7. The van der Waals surface area contributed by atoms with Crippen LogP contribution in [-0.2, 0) is 12.7 Å². The summed E-state index contributed by atoms with van der Waals surface area (Å²) in [5.74, 6) is -0.675. The van der Waals surface area contributed by atoms with E-state index in [0.29, 0.717) is 36.2 Å². The summed E-state index contributed by atoms with van der Waals surface area (Å²) in [5, 5.41) is 18.3. The number of amides is 4. The number of rotatable bonds is 6. The molecule has 15 heteroatoms. The molecule has 41 heavy (non-hydrogen) atoms. The van der Waals surface area contributed by atoms with Crippen molar-refractivity contribution >= 4 is 41.1 Å². The number of carbonyl (C=O) groups is 3. The predicted octanol–water partition coefficient (Wildman–Crippen LogP) is 3.26. The lowest BCUT2D eigenvalue weighted by Gasteiger charge is -2.34. The van der Waals surface area contributed by atoms with E-state index in [0.717, 1.165) is 17.0 Å². The molecule has 4 rings (SSSR count). The fraction of sp³-hybridized carbons (Fsp3) is 0.269. The Bertz CT molecular complexity index is 1450. The van der Waals surface area contributed by atoms with Crippen LogP contribution < -0.4 is 26.8 Å². The van der Waals surface area contributed by atoms with Gasteiger partial charge in [-0.25, -0.2) is 14.8 Å². The Balaban J connectivity index is 1.36. The topological polar surface area (TPSA) is 165 Å². The average Bonchev–Trinajstić information content (AvgIpc) is 2.93. The lowest BCUT2D eigenvalue weighted by molar-refractivity contribution is -0.266. The highest BCUT2D eigenvalue weighted by molar-refractivity contribution is 6.31. The number of aromatic nitrogens is 2. The summed E-state index contributed by atoms with van der Waals surface area (Å²) in [6.07, 6.45) is -3.41. The molecule has 5 N–H and O–H groups in total. The second-order valence-corrected chi connectivity index (χ2v) is 9.62. The molecule has 1 saturated heterocycles. The second kappa shape index (κ2) is 12.3. The van der Waals surface area contributed by atoms with Crippen LogP contribution in [0.5, 0.6) is 0 Å². The molecular weight excluding hydrogens is 567 g/mol. The van der Waals surface area contributed by atoms with Crippen LogP contribution in [0.25, 0.3) is 11.3 Å². The number of piperidine rings is 1. The largest absolute Gasteiger partial charge is 0.530 e. The van der Waals surface area contributed by atoms with Gasteiger partial charge in [0.1, 0.15) is 6.09 Å². The normalized spacial score (nSPS) is 15.2. The summed E-state index contributed by atoms with van der Waals surface area (Å²) in [4.78, 5) is 45.7. The number of halogens is 4. The monoisotopic (exact) mass is 590 g/mol. The number of nitrogens with zero attached hydrogens (tertiary/aromatic N) is 3. The van der Waals surface area contributed by atoms with Gasteiger partial charge in [0.15, 0.2) is 11.5 Å². The Labute approximate surface area is 236 Å². The van der Waals surface area contributed by atoms with Crippen molar-refractivity contribution in [2.24, 2.45) is 0 Å². The third-order valence-electron chi connectivity index (χ3n) is 6.26. The van der Waals surface area contributed by atoms with Crippen LogP contribution >= 0.6 is 11.6 Å². The number of likely N-dealkylation sites (tertiary alicyclic amines) is 1. The molecule has 216 valence electrons. The van der Waals surface area contributed by atoms with Crippen molar-refractivity contribution < 1.29 is 32.7 Å². The van der Waals surface area contributed by atoms with E-state index in [4.69, 9.17) is 17.3 Å². The Morgan fingerprint density at radius 1 is 1.15 bits per heavy atom. The van der Waals surface area contributed by atoms with Gasteiger partial charge in [-0.1, -0.05) is 35.9 Å². The van der Waals surface area contributed by atoms with E-state index in [2.05, 4.69) is 25.9 Å². The third kappa shape index (κ3) is 7.54. The van der Waals surface area contributed by atoms with Crippen molar-refractivity contribution in [2.45, 2.75) is 31.6 Å². The summed E-state index contributed by atoms with van der Waals surface area (Å²) >= 11 is 5.60. The van der Waals surface area contributed by atoms with Gasteiger partial charge in [-0.2, -0.15) is 13.2 Å². The quantitative estimate of drug-likeness (QED) is 0.342. The van der Waals surface area contributed by atoms with Gasteiger partial charge in [-0.15, -0.1) is 0 Å². The fourth-order valence-electron chi connectivity index (χ4n) is 4.19. The Hall–Kier alpha value is -4.59. The van der Waals surface area contributed by atoms with E-state index in [1.165, 1.54) is 12.3 Å². The Kier molecular flexibility index (Phi) is 8.81. The molecule has 1 fully saturated rings. The van der Waals surface area contributed by atoms with Crippen LogP contribution in [0.4, 0.5) is 34.3 Å². The number of hydrogen-bond acceptors (Lipinski definition) is 7. The van der Waals surface area contributed by atoms with Gasteiger partial charge in [-0.05, 0) is 36.6 Å². The molecule has 1 aliphatic heterocycles. The number of nitrogen functional groups attached to an aromatic ring is 1. The minimum absolute atomic E-state index is 0.0666. The number of nitrogens with one attached hydrogen (secondary N) is 3. The zero-order valence-corrected chi connectivity index (χ0v) is 22.1. The molecule has 0 spiro atoms. The second-order valence-electron chi connectivity index (χ2n) is 9.21. The highest BCUT2D eigenvalue weighted by Gasteiger charge is 2.33. The molecule has 0 saturated carbocycles.